The third-order valence-electron chi connectivity index (χ3n) is 3.23. The Labute approximate surface area is 107 Å². The number of halogens is 1. The second-order valence-electron chi connectivity index (χ2n) is 4.62. The molecule has 1 aromatic heterocycles. The SMILES string of the molecule is Cl.NC1(CNC(=O)c2ccoc2)CCCCC1. The molecule has 4 nitrogen and oxygen atoms in total. The van der Waals surface area contributed by atoms with Crippen LogP contribution in [0.25, 0.3) is 0 Å². The Hall–Kier alpha value is -1.00. The van der Waals surface area contributed by atoms with Crippen molar-refractivity contribution in [2.75, 3.05) is 6.54 Å². The fraction of sp³-hybridized carbons (Fsp3) is 0.583. The minimum Gasteiger partial charge on any atom is -0.472 e. The number of amides is 1. The number of carbonyl (C=O) groups is 1. The number of nitrogens with two attached hydrogens (primary N) is 1. The van der Waals surface area contributed by atoms with Crippen molar-refractivity contribution in [2.24, 2.45) is 5.73 Å². The molecule has 1 fully saturated rings. The summed E-state index contributed by atoms with van der Waals surface area (Å²) in [5, 5.41) is 2.87. The standard InChI is InChI=1S/C12H18N2O2.ClH/c13-12(5-2-1-3-6-12)9-14-11(15)10-4-7-16-8-10;/h4,7-8H,1-3,5-6,9,13H2,(H,14,15);1H. The number of rotatable bonds is 3. The van der Waals surface area contributed by atoms with Gasteiger partial charge in [0.25, 0.3) is 5.91 Å². The average molecular weight is 259 g/mol. The first-order valence-electron chi connectivity index (χ1n) is 5.79. The highest BCUT2D eigenvalue weighted by molar-refractivity contribution is 5.93. The molecular formula is C12H19ClN2O2. The smallest absolute Gasteiger partial charge is 0.254 e. The van der Waals surface area contributed by atoms with Crippen molar-refractivity contribution in [1.29, 1.82) is 0 Å². The van der Waals surface area contributed by atoms with E-state index in [1.54, 1.807) is 6.07 Å². The molecule has 2 rings (SSSR count). The van der Waals surface area contributed by atoms with Gasteiger partial charge in [-0.25, -0.2) is 0 Å². The molecule has 5 heteroatoms. The van der Waals surface area contributed by atoms with Crippen molar-refractivity contribution < 1.29 is 9.21 Å². The first-order valence-corrected chi connectivity index (χ1v) is 5.79. The summed E-state index contributed by atoms with van der Waals surface area (Å²) < 4.78 is 4.86. The number of nitrogens with one attached hydrogen (secondary N) is 1. The highest BCUT2D eigenvalue weighted by atomic mass is 35.5. The Balaban J connectivity index is 0.00000144. The van der Waals surface area contributed by atoms with E-state index in [1.807, 2.05) is 0 Å². The summed E-state index contributed by atoms with van der Waals surface area (Å²) in [4.78, 5) is 11.7. The van der Waals surface area contributed by atoms with E-state index in [0.29, 0.717) is 12.1 Å². The molecule has 1 aliphatic rings. The molecular weight excluding hydrogens is 240 g/mol. The molecule has 0 radical (unpaired) electrons. The minimum absolute atomic E-state index is 0. The van der Waals surface area contributed by atoms with Crippen molar-refractivity contribution in [1.82, 2.24) is 5.32 Å². The van der Waals surface area contributed by atoms with Crippen molar-refractivity contribution in [2.45, 2.75) is 37.6 Å². The number of hydrogen-bond donors (Lipinski definition) is 2. The molecule has 1 heterocycles. The lowest BCUT2D eigenvalue weighted by molar-refractivity contribution is 0.0937. The lowest BCUT2D eigenvalue weighted by Crippen LogP contribution is -2.51. The van der Waals surface area contributed by atoms with Crippen LogP contribution in [0.1, 0.15) is 42.5 Å². The zero-order chi connectivity index (χ0) is 11.4. The zero-order valence-electron chi connectivity index (χ0n) is 9.78. The van der Waals surface area contributed by atoms with Crippen LogP contribution in [-0.2, 0) is 0 Å². The predicted molar refractivity (Wildman–Crippen MR) is 68.3 cm³/mol. The Morgan fingerprint density at radius 3 is 2.71 bits per heavy atom. The zero-order valence-corrected chi connectivity index (χ0v) is 10.6. The van der Waals surface area contributed by atoms with E-state index in [2.05, 4.69) is 5.32 Å². The average Bonchev–Trinajstić information content (AvgIpc) is 2.80. The summed E-state index contributed by atoms with van der Waals surface area (Å²) in [7, 11) is 0. The number of carbonyl (C=O) groups excluding carboxylic acids is 1. The van der Waals surface area contributed by atoms with Crippen LogP contribution in [0.3, 0.4) is 0 Å². The van der Waals surface area contributed by atoms with Gasteiger partial charge in [-0.15, -0.1) is 12.4 Å². The lowest BCUT2D eigenvalue weighted by Gasteiger charge is -2.33. The summed E-state index contributed by atoms with van der Waals surface area (Å²) in [5.41, 5.74) is 6.57. The molecule has 0 atom stereocenters. The van der Waals surface area contributed by atoms with Crippen LogP contribution in [-0.4, -0.2) is 18.0 Å². The third-order valence-corrected chi connectivity index (χ3v) is 3.23. The topological polar surface area (TPSA) is 68.3 Å². The summed E-state index contributed by atoms with van der Waals surface area (Å²) in [6, 6.07) is 1.65. The van der Waals surface area contributed by atoms with Gasteiger partial charge in [0.2, 0.25) is 0 Å². The van der Waals surface area contributed by atoms with Crippen LogP contribution >= 0.6 is 12.4 Å². The lowest BCUT2D eigenvalue weighted by atomic mass is 9.82. The Bertz CT molecular complexity index is 345. The van der Waals surface area contributed by atoms with E-state index in [-0.39, 0.29) is 23.9 Å². The molecule has 0 saturated heterocycles. The highest BCUT2D eigenvalue weighted by Gasteiger charge is 2.27. The van der Waals surface area contributed by atoms with E-state index < -0.39 is 0 Å². The predicted octanol–water partition coefficient (Wildman–Crippen LogP) is 2.09. The summed E-state index contributed by atoms with van der Waals surface area (Å²) >= 11 is 0. The molecule has 0 spiro atoms. The Kier molecular flexibility index (Phi) is 5.02. The van der Waals surface area contributed by atoms with Crippen LogP contribution in [0.4, 0.5) is 0 Å². The number of hydrogen-bond acceptors (Lipinski definition) is 3. The van der Waals surface area contributed by atoms with Gasteiger partial charge in [0.15, 0.2) is 0 Å². The maximum atomic E-state index is 11.7. The fourth-order valence-electron chi connectivity index (χ4n) is 2.18. The normalized spacial score (nSPS) is 18.2. The van der Waals surface area contributed by atoms with Crippen LogP contribution in [0.15, 0.2) is 23.0 Å². The van der Waals surface area contributed by atoms with Gasteiger partial charge in [0.05, 0.1) is 11.8 Å². The largest absolute Gasteiger partial charge is 0.472 e. The third kappa shape index (κ3) is 3.75. The summed E-state index contributed by atoms with van der Waals surface area (Å²) in [6.07, 6.45) is 8.52. The summed E-state index contributed by atoms with van der Waals surface area (Å²) in [6.45, 7) is 0.553. The first kappa shape index (κ1) is 14.1. The van der Waals surface area contributed by atoms with E-state index in [0.717, 1.165) is 25.7 Å². The number of furan rings is 1. The molecule has 1 amide bonds. The molecule has 17 heavy (non-hydrogen) atoms. The molecule has 0 aliphatic heterocycles. The van der Waals surface area contributed by atoms with Crippen molar-refractivity contribution >= 4 is 18.3 Å². The van der Waals surface area contributed by atoms with E-state index >= 15 is 0 Å². The van der Waals surface area contributed by atoms with E-state index in [9.17, 15) is 4.79 Å². The Morgan fingerprint density at radius 1 is 1.41 bits per heavy atom. The van der Waals surface area contributed by atoms with E-state index in [4.69, 9.17) is 10.2 Å². The molecule has 1 aromatic rings. The monoisotopic (exact) mass is 258 g/mol. The van der Waals surface area contributed by atoms with Crippen molar-refractivity contribution in [3.8, 4) is 0 Å². The van der Waals surface area contributed by atoms with Crippen LogP contribution in [0, 0.1) is 0 Å². The first-order chi connectivity index (χ1) is 7.70. The van der Waals surface area contributed by atoms with E-state index in [1.165, 1.54) is 18.9 Å². The van der Waals surface area contributed by atoms with Crippen LogP contribution in [0.2, 0.25) is 0 Å². The second-order valence-corrected chi connectivity index (χ2v) is 4.62. The van der Waals surface area contributed by atoms with Gasteiger partial charge in [-0.2, -0.15) is 0 Å². The molecule has 1 saturated carbocycles. The van der Waals surface area contributed by atoms with Gasteiger partial charge in [-0.1, -0.05) is 19.3 Å². The quantitative estimate of drug-likeness (QED) is 0.872. The Morgan fingerprint density at radius 2 is 2.12 bits per heavy atom. The highest BCUT2D eigenvalue weighted by Crippen LogP contribution is 2.25. The van der Waals surface area contributed by atoms with Gasteiger partial charge in [0.1, 0.15) is 6.26 Å². The second kappa shape index (κ2) is 6.07. The maximum absolute atomic E-state index is 11.7. The van der Waals surface area contributed by atoms with Gasteiger partial charge in [0, 0.05) is 12.1 Å². The minimum atomic E-state index is -0.211. The van der Waals surface area contributed by atoms with Crippen LogP contribution < -0.4 is 11.1 Å². The molecule has 96 valence electrons. The summed E-state index contributed by atoms with van der Waals surface area (Å²) in [5.74, 6) is -0.107. The van der Waals surface area contributed by atoms with Gasteiger partial charge in [-0.05, 0) is 18.9 Å². The van der Waals surface area contributed by atoms with Gasteiger partial charge in [-0.3, -0.25) is 4.79 Å². The molecule has 0 bridgehead atoms. The van der Waals surface area contributed by atoms with Gasteiger partial charge < -0.3 is 15.5 Å². The molecule has 3 N–H and O–H groups in total. The molecule has 1 aliphatic carbocycles. The molecule has 0 unspecified atom stereocenters. The molecule has 0 aromatic carbocycles. The van der Waals surface area contributed by atoms with Crippen LogP contribution in [0.5, 0.6) is 0 Å². The van der Waals surface area contributed by atoms with Crippen molar-refractivity contribution in [3.05, 3.63) is 24.2 Å². The van der Waals surface area contributed by atoms with Gasteiger partial charge >= 0.3 is 0 Å². The fourth-order valence-corrected chi connectivity index (χ4v) is 2.18. The van der Waals surface area contributed by atoms with Crippen molar-refractivity contribution in [3.63, 3.8) is 0 Å². The maximum Gasteiger partial charge on any atom is 0.254 e.